The molecule has 0 aromatic heterocycles. The van der Waals surface area contributed by atoms with Gasteiger partial charge in [0.1, 0.15) is 18.5 Å². The lowest BCUT2D eigenvalue weighted by molar-refractivity contribution is 0.0663. The number of hydrogen-bond donors (Lipinski definition) is 3. The van der Waals surface area contributed by atoms with Gasteiger partial charge in [-0.05, 0) is 43.3 Å². The predicted molar refractivity (Wildman–Crippen MR) is 111 cm³/mol. The van der Waals surface area contributed by atoms with Crippen LogP contribution in [0.4, 0.5) is 16.2 Å². The van der Waals surface area contributed by atoms with E-state index < -0.39 is 12.1 Å². The van der Waals surface area contributed by atoms with Crippen LogP contribution in [0.15, 0.2) is 48.5 Å². The lowest BCUT2D eigenvalue weighted by Gasteiger charge is -2.36. The number of carbonyl (C=O) groups excluding carboxylic acids is 1. The van der Waals surface area contributed by atoms with Gasteiger partial charge >= 0.3 is 6.03 Å². The van der Waals surface area contributed by atoms with Gasteiger partial charge in [0.2, 0.25) is 0 Å². The maximum Gasteiger partial charge on any atom is 0.316 e. The number of urea groups is 1. The average molecular weight is 384 g/mol. The fourth-order valence-electron chi connectivity index (χ4n) is 3.26. The van der Waals surface area contributed by atoms with Crippen LogP contribution in [-0.4, -0.2) is 61.5 Å². The number of primary amides is 1. The molecule has 4 N–H and O–H groups in total. The van der Waals surface area contributed by atoms with E-state index in [1.54, 1.807) is 24.3 Å². The summed E-state index contributed by atoms with van der Waals surface area (Å²) >= 11 is 0. The molecule has 3 rings (SSSR count). The Hall–Kier alpha value is -2.77. The maximum absolute atomic E-state index is 10.8. The summed E-state index contributed by atoms with van der Waals surface area (Å²) in [6, 6.07) is 14.9. The Labute approximate surface area is 165 Å². The van der Waals surface area contributed by atoms with Gasteiger partial charge in [0.15, 0.2) is 0 Å². The van der Waals surface area contributed by atoms with Gasteiger partial charge in [-0.3, -0.25) is 4.90 Å². The van der Waals surface area contributed by atoms with Crippen molar-refractivity contribution >= 4 is 17.4 Å². The highest BCUT2D eigenvalue weighted by molar-refractivity contribution is 5.87. The molecule has 1 atom stereocenters. The smallest absolute Gasteiger partial charge is 0.316 e. The first-order valence-corrected chi connectivity index (χ1v) is 9.51. The molecule has 0 aliphatic carbocycles. The molecule has 1 heterocycles. The van der Waals surface area contributed by atoms with E-state index >= 15 is 0 Å². The number of aliphatic hydroxyl groups is 1. The van der Waals surface area contributed by atoms with Crippen molar-refractivity contribution in [3.63, 3.8) is 0 Å². The van der Waals surface area contributed by atoms with Crippen LogP contribution in [0, 0.1) is 6.92 Å². The summed E-state index contributed by atoms with van der Waals surface area (Å²) in [6.07, 6.45) is -0.561. The first kappa shape index (κ1) is 20.0. The molecule has 0 bridgehead atoms. The second kappa shape index (κ2) is 9.43. The lowest BCUT2D eigenvalue weighted by Crippen LogP contribution is -2.49. The minimum Gasteiger partial charge on any atom is -0.491 e. The van der Waals surface area contributed by atoms with E-state index in [-0.39, 0.29) is 6.61 Å². The maximum atomic E-state index is 10.8. The van der Waals surface area contributed by atoms with Crippen LogP contribution in [0.25, 0.3) is 0 Å². The summed E-state index contributed by atoms with van der Waals surface area (Å²) in [5, 5.41) is 12.8. The van der Waals surface area contributed by atoms with E-state index in [0.29, 0.717) is 18.0 Å². The highest BCUT2D eigenvalue weighted by atomic mass is 16.5. The van der Waals surface area contributed by atoms with Gasteiger partial charge in [-0.25, -0.2) is 4.79 Å². The number of rotatable bonds is 7. The third-order valence-corrected chi connectivity index (χ3v) is 4.80. The number of nitrogens with two attached hydrogens (primary N) is 1. The summed E-state index contributed by atoms with van der Waals surface area (Å²) in [5.74, 6) is 0.637. The highest BCUT2D eigenvalue weighted by Crippen LogP contribution is 2.18. The monoisotopic (exact) mass is 384 g/mol. The van der Waals surface area contributed by atoms with Crippen molar-refractivity contribution in [2.24, 2.45) is 5.73 Å². The number of β-amino-alcohol motifs (C(OH)–C–C–N with tert-alkyl or cyclic N) is 1. The number of hydrogen-bond acceptors (Lipinski definition) is 5. The average Bonchev–Trinajstić information content (AvgIpc) is 2.68. The summed E-state index contributed by atoms with van der Waals surface area (Å²) in [6.45, 7) is 6.63. The Morgan fingerprint density at radius 3 is 2.36 bits per heavy atom. The first-order chi connectivity index (χ1) is 13.5. The van der Waals surface area contributed by atoms with Crippen molar-refractivity contribution in [3.05, 3.63) is 54.1 Å². The first-order valence-electron chi connectivity index (χ1n) is 9.51. The fraction of sp³-hybridized carbons (Fsp3) is 0.381. The van der Waals surface area contributed by atoms with Gasteiger partial charge in [-0.15, -0.1) is 0 Å². The number of piperazine rings is 1. The Bertz CT molecular complexity index is 756. The summed E-state index contributed by atoms with van der Waals surface area (Å²) in [4.78, 5) is 15.4. The molecule has 28 heavy (non-hydrogen) atoms. The van der Waals surface area contributed by atoms with Gasteiger partial charge in [-0.1, -0.05) is 17.7 Å². The number of ether oxygens (including phenoxy) is 1. The van der Waals surface area contributed by atoms with Crippen LogP contribution in [0.3, 0.4) is 0 Å². The van der Waals surface area contributed by atoms with Gasteiger partial charge in [-0.2, -0.15) is 0 Å². The molecule has 2 aromatic carbocycles. The third-order valence-electron chi connectivity index (χ3n) is 4.80. The Morgan fingerprint density at radius 2 is 1.75 bits per heavy atom. The van der Waals surface area contributed by atoms with Gasteiger partial charge in [0.25, 0.3) is 0 Å². The molecule has 1 aliphatic rings. The van der Waals surface area contributed by atoms with Crippen molar-refractivity contribution in [3.8, 4) is 5.75 Å². The van der Waals surface area contributed by atoms with Crippen LogP contribution in [0.1, 0.15) is 5.56 Å². The normalized spacial score (nSPS) is 15.9. The van der Waals surface area contributed by atoms with Crippen molar-refractivity contribution < 1.29 is 14.6 Å². The predicted octanol–water partition coefficient (Wildman–Crippen LogP) is 2.05. The van der Waals surface area contributed by atoms with E-state index in [9.17, 15) is 9.90 Å². The molecule has 2 amide bonds. The molecule has 1 unspecified atom stereocenters. The molecule has 1 aliphatic heterocycles. The molecule has 150 valence electrons. The van der Waals surface area contributed by atoms with E-state index in [0.717, 1.165) is 26.2 Å². The zero-order chi connectivity index (χ0) is 19.9. The second-order valence-electron chi connectivity index (χ2n) is 7.10. The molecule has 1 fully saturated rings. The van der Waals surface area contributed by atoms with Crippen LogP contribution in [0.2, 0.25) is 0 Å². The highest BCUT2D eigenvalue weighted by Gasteiger charge is 2.19. The largest absolute Gasteiger partial charge is 0.491 e. The van der Waals surface area contributed by atoms with Crippen LogP contribution in [0.5, 0.6) is 5.75 Å². The SMILES string of the molecule is Cc1ccc(N2CCN(CC(O)COc3ccc(NC(N)=O)cc3)CC2)cc1. The van der Waals surface area contributed by atoms with Gasteiger partial charge in [0, 0.05) is 44.1 Å². The number of aryl methyl sites for hydroxylation is 1. The molecule has 0 saturated carbocycles. The van der Waals surface area contributed by atoms with Gasteiger partial charge < -0.3 is 25.8 Å². The minimum absolute atomic E-state index is 0.223. The number of carbonyl (C=O) groups is 1. The van der Waals surface area contributed by atoms with E-state index in [1.807, 2.05) is 0 Å². The minimum atomic E-state index is -0.605. The van der Waals surface area contributed by atoms with E-state index in [2.05, 4.69) is 46.3 Å². The Kier molecular flexibility index (Phi) is 6.73. The molecular weight excluding hydrogens is 356 g/mol. The number of benzene rings is 2. The zero-order valence-corrected chi connectivity index (χ0v) is 16.2. The van der Waals surface area contributed by atoms with Crippen molar-refractivity contribution in [2.75, 3.05) is 49.5 Å². The summed E-state index contributed by atoms with van der Waals surface area (Å²) < 4.78 is 5.64. The fourth-order valence-corrected chi connectivity index (χ4v) is 3.26. The topological polar surface area (TPSA) is 91.1 Å². The van der Waals surface area contributed by atoms with Crippen LogP contribution in [-0.2, 0) is 0 Å². The van der Waals surface area contributed by atoms with Crippen LogP contribution >= 0.6 is 0 Å². The number of anilines is 2. The number of nitrogens with one attached hydrogen (secondary N) is 1. The molecule has 1 saturated heterocycles. The second-order valence-corrected chi connectivity index (χ2v) is 7.10. The molecule has 2 aromatic rings. The van der Waals surface area contributed by atoms with Crippen LogP contribution < -0.4 is 20.7 Å². The van der Waals surface area contributed by atoms with E-state index in [4.69, 9.17) is 10.5 Å². The van der Waals surface area contributed by atoms with Crippen molar-refractivity contribution in [2.45, 2.75) is 13.0 Å². The zero-order valence-electron chi connectivity index (χ0n) is 16.2. The van der Waals surface area contributed by atoms with Crippen molar-refractivity contribution in [1.29, 1.82) is 0 Å². The molecular formula is C21H28N4O3. The lowest BCUT2D eigenvalue weighted by atomic mass is 10.2. The summed E-state index contributed by atoms with van der Waals surface area (Å²) in [7, 11) is 0. The Balaban J connectivity index is 1.39. The standard InChI is InChI=1S/C21H28N4O3/c1-16-2-6-18(7-3-16)25-12-10-24(11-13-25)14-19(26)15-28-20-8-4-17(5-9-20)23-21(22)27/h2-9,19,26H,10-15H2,1H3,(H3,22,23,27). The number of nitrogens with zero attached hydrogens (tertiary/aromatic N) is 2. The Morgan fingerprint density at radius 1 is 1.11 bits per heavy atom. The van der Waals surface area contributed by atoms with Gasteiger partial charge in [0.05, 0.1) is 0 Å². The quantitative estimate of drug-likeness (QED) is 0.680. The van der Waals surface area contributed by atoms with Crippen molar-refractivity contribution in [1.82, 2.24) is 4.90 Å². The molecule has 0 spiro atoms. The molecule has 7 nitrogen and oxygen atoms in total. The number of amides is 2. The third kappa shape index (κ3) is 5.87. The molecule has 7 heteroatoms. The van der Waals surface area contributed by atoms with E-state index in [1.165, 1.54) is 11.3 Å². The summed E-state index contributed by atoms with van der Waals surface area (Å²) in [5.41, 5.74) is 8.20. The number of aliphatic hydroxyl groups excluding tert-OH is 1. The molecule has 0 radical (unpaired) electrons.